The Labute approximate surface area is 113 Å². The number of carbonyl (C=O) groups excluding carboxylic acids is 2. The van der Waals surface area contributed by atoms with Gasteiger partial charge in [-0.15, -0.1) is 11.3 Å². The molecule has 0 saturated carbocycles. The molecular formula is C11H12ClN3O2S. The van der Waals surface area contributed by atoms with E-state index in [1.807, 2.05) is 6.07 Å². The van der Waals surface area contributed by atoms with E-state index < -0.39 is 0 Å². The van der Waals surface area contributed by atoms with Gasteiger partial charge in [-0.05, 0) is 18.1 Å². The SMILES string of the molecule is O=C1NCCN1C(=O)N1CCc2sc(Cl)cc2C1. The number of fused-ring (bicyclic) bond motifs is 1. The van der Waals surface area contributed by atoms with Gasteiger partial charge in [0.25, 0.3) is 0 Å². The maximum Gasteiger partial charge on any atom is 0.328 e. The number of nitrogens with one attached hydrogen (secondary N) is 1. The summed E-state index contributed by atoms with van der Waals surface area (Å²) in [6, 6.07) is 1.40. The first-order valence-corrected chi connectivity index (χ1v) is 6.96. The first-order valence-electron chi connectivity index (χ1n) is 5.76. The van der Waals surface area contributed by atoms with Crippen molar-refractivity contribution < 1.29 is 9.59 Å². The van der Waals surface area contributed by atoms with Crippen LogP contribution < -0.4 is 5.32 Å². The van der Waals surface area contributed by atoms with Gasteiger partial charge in [0.05, 0.1) is 4.34 Å². The third-order valence-electron chi connectivity index (χ3n) is 3.19. The summed E-state index contributed by atoms with van der Waals surface area (Å²) in [5.74, 6) is 0. The topological polar surface area (TPSA) is 52.7 Å². The molecule has 1 saturated heterocycles. The number of thiophene rings is 1. The van der Waals surface area contributed by atoms with Crippen molar-refractivity contribution in [3.8, 4) is 0 Å². The van der Waals surface area contributed by atoms with Crippen LogP contribution in [0.4, 0.5) is 9.59 Å². The number of urea groups is 2. The molecule has 7 heteroatoms. The molecule has 2 aliphatic rings. The van der Waals surface area contributed by atoms with Gasteiger partial charge in [-0.3, -0.25) is 0 Å². The Morgan fingerprint density at radius 1 is 1.44 bits per heavy atom. The van der Waals surface area contributed by atoms with Gasteiger partial charge in [0.2, 0.25) is 0 Å². The van der Waals surface area contributed by atoms with Crippen LogP contribution in [0.2, 0.25) is 4.34 Å². The minimum absolute atomic E-state index is 0.210. The van der Waals surface area contributed by atoms with Crippen molar-refractivity contribution in [1.29, 1.82) is 0 Å². The molecule has 0 aliphatic carbocycles. The van der Waals surface area contributed by atoms with E-state index in [4.69, 9.17) is 11.6 Å². The summed E-state index contributed by atoms with van der Waals surface area (Å²) in [6.45, 7) is 2.17. The highest BCUT2D eigenvalue weighted by molar-refractivity contribution is 7.16. The van der Waals surface area contributed by atoms with E-state index in [2.05, 4.69) is 5.32 Å². The predicted octanol–water partition coefficient (Wildman–Crippen LogP) is 1.90. The second-order valence-corrected chi connectivity index (χ2v) is 6.10. The zero-order valence-electron chi connectivity index (χ0n) is 9.61. The minimum Gasteiger partial charge on any atom is -0.336 e. The zero-order chi connectivity index (χ0) is 12.7. The normalized spacial score (nSPS) is 18.8. The van der Waals surface area contributed by atoms with Crippen LogP contribution in [0.3, 0.4) is 0 Å². The molecule has 3 heterocycles. The van der Waals surface area contributed by atoms with Crippen LogP contribution >= 0.6 is 22.9 Å². The van der Waals surface area contributed by atoms with Crippen LogP contribution in [0.25, 0.3) is 0 Å². The molecule has 0 spiro atoms. The quantitative estimate of drug-likeness (QED) is 0.792. The monoisotopic (exact) mass is 285 g/mol. The lowest BCUT2D eigenvalue weighted by Crippen LogP contribution is -2.46. The number of halogens is 1. The van der Waals surface area contributed by atoms with E-state index in [1.165, 1.54) is 9.78 Å². The number of nitrogens with zero attached hydrogens (tertiary/aromatic N) is 2. The van der Waals surface area contributed by atoms with Crippen LogP contribution in [0.15, 0.2) is 6.07 Å². The molecule has 3 rings (SSSR count). The Bertz CT molecular complexity index is 516. The number of imide groups is 1. The van der Waals surface area contributed by atoms with E-state index in [-0.39, 0.29) is 12.1 Å². The van der Waals surface area contributed by atoms with Crippen molar-refractivity contribution in [2.75, 3.05) is 19.6 Å². The highest BCUT2D eigenvalue weighted by Crippen LogP contribution is 2.31. The average Bonchev–Trinajstić information content (AvgIpc) is 2.91. The standard InChI is InChI=1S/C11H12ClN3O2S/c12-9-5-7-6-14(3-1-8(7)18-9)11(17)15-4-2-13-10(15)16/h5H,1-4,6H2,(H,13,16). The molecule has 0 unspecified atom stereocenters. The third kappa shape index (κ3) is 1.95. The fourth-order valence-corrected chi connectivity index (χ4v) is 3.58. The van der Waals surface area contributed by atoms with E-state index >= 15 is 0 Å². The lowest BCUT2D eigenvalue weighted by atomic mass is 10.1. The zero-order valence-corrected chi connectivity index (χ0v) is 11.2. The maximum atomic E-state index is 12.2. The fraction of sp³-hybridized carbons (Fsp3) is 0.455. The maximum absolute atomic E-state index is 12.2. The van der Waals surface area contributed by atoms with Crippen molar-refractivity contribution >= 4 is 35.0 Å². The van der Waals surface area contributed by atoms with E-state index in [9.17, 15) is 9.59 Å². The molecule has 0 radical (unpaired) electrons. The molecule has 1 fully saturated rings. The largest absolute Gasteiger partial charge is 0.336 e. The third-order valence-corrected chi connectivity index (χ3v) is 4.56. The minimum atomic E-state index is -0.297. The van der Waals surface area contributed by atoms with Gasteiger partial charge in [0.15, 0.2) is 0 Å². The Balaban J connectivity index is 1.75. The Morgan fingerprint density at radius 2 is 2.28 bits per heavy atom. The molecule has 18 heavy (non-hydrogen) atoms. The van der Waals surface area contributed by atoms with Gasteiger partial charge in [0, 0.05) is 31.1 Å². The van der Waals surface area contributed by atoms with E-state index in [0.29, 0.717) is 26.2 Å². The summed E-state index contributed by atoms with van der Waals surface area (Å²) >= 11 is 7.54. The van der Waals surface area contributed by atoms with Crippen LogP contribution in [0.1, 0.15) is 10.4 Å². The second-order valence-electron chi connectivity index (χ2n) is 4.34. The molecular weight excluding hydrogens is 274 g/mol. The van der Waals surface area contributed by atoms with E-state index in [0.717, 1.165) is 16.3 Å². The van der Waals surface area contributed by atoms with Crippen molar-refractivity contribution in [2.45, 2.75) is 13.0 Å². The smallest absolute Gasteiger partial charge is 0.328 e. The number of hydrogen-bond acceptors (Lipinski definition) is 3. The number of amides is 4. The molecule has 2 aliphatic heterocycles. The second kappa shape index (κ2) is 4.44. The molecule has 1 aromatic rings. The molecule has 4 amide bonds. The summed E-state index contributed by atoms with van der Waals surface area (Å²) in [4.78, 5) is 27.9. The Kier molecular flexibility index (Phi) is 2.91. The Hall–Kier alpha value is -1.27. The van der Waals surface area contributed by atoms with Crippen LogP contribution in [-0.2, 0) is 13.0 Å². The summed E-state index contributed by atoms with van der Waals surface area (Å²) in [7, 11) is 0. The summed E-state index contributed by atoms with van der Waals surface area (Å²) in [6.07, 6.45) is 0.813. The average molecular weight is 286 g/mol. The predicted molar refractivity (Wildman–Crippen MR) is 68.9 cm³/mol. The molecule has 1 aromatic heterocycles. The molecule has 96 valence electrons. The molecule has 0 bridgehead atoms. The van der Waals surface area contributed by atoms with Crippen LogP contribution in [-0.4, -0.2) is 41.5 Å². The van der Waals surface area contributed by atoms with Crippen LogP contribution in [0, 0.1) is 0 Å². The summed E-state index contributed by atoms with van der Waals surface area (Å²) in [5, 5.41) is 2.63. The van der Waals surface area contributed by atoms with Crippen molar-refractivity contribution in [3.05, 3.63) is 20.8 Å². The van der Waals surface area contributed by atoms with Gasteiger partial charge in [0.1, 0.15) is 0 Å². The first-order chi connectivity index (χ1) is 8.65. The van der Waals surface area contributed by atoms with Gasteiger partial charge in [-0.2, -0.15) is 0 Å². The van der Waals surface area contributed by atoms with Gasteiger partial charge in [-0.25, -0.2) is 14.5 Å². The van der Waals surface area contributed by atoms with Gasteiger partial charge >= 0.3 is 12.1 Å². The number of carbonyl (C=O) groups is 2. The van der Waals surface area contributed by atoms with Crippen molar-refractivity contribution in [1.82, 2.24) is 15.1 Å². The van der Waals surface area contributed by atoms with Gasteiger partial charge < -0.3 is 10.2 Å². The van der Waals surface area contributed by atoms with Crippen LogP contribution in [0.5, 0.6) is 0 Å². The fourth-order valence-electron chi connectivity index (χ4n) is 2.28. The van der Waals surface area contributed by atoms with Gasteiger partial charge in [-0.1, -0.05) is 11.6 Å². The molecule has 5 nitrogen and oxygen atoms in total. The van der Waals surface area contributed by atoms with Crippen molar-refractivity contribution in [3.63, 3.8) is 0 Å². The molecule has 0 aromatic carbocycles. The Morgan fingerprint density at radius 3 is 3.00 bits per heavy atom. The lowest BCUT2D eigenvalue weighted by molar-refractivity contribution is 0.159. The summed E-state index contributed by atoms with van der Waals surface area (Å²) < 4.78 is 0.758. The first kappa shape index (κ1) is 11.8. The number of rotatable bonds is 0. The highest BCUT2D eigenvalue weighted by atomic mass is 35.5. The molecule has 1 N–H and O–H groups in total. The lowest BCUT2D eigenvalue weighted by Gasteiger charge is -2.29. The summed E-state index contributed by atoms with van der Waals surface area (Å²) in [5.41, 5.74) is 1.10. The highest BCUT2D eigenvalue weighted by Gasteiger charge is 2.32. The molecule has 0 atom stereocenters. The van der Waals surface area contributed by atoms with E-state index in [1.54, 1.807) is 16.2 Å². The van der Waals surface area contributed by atoms with Crippen molar-refractivity contribution in [2.24, 2.45) is 0 Å². The number of hydrogen-bond donors (Lipinski definition) is 1.